The Morgan fingerprint density at radius 2 is 1.93 bits per heavy atom. The van der Waals surface area contributed by atoms with Crippen LogP contribution in [0.5, 0.6) is 5.75 Å². The van der Waals surface area contributed by atoms with Gasteiger partial charge in [0.1, 0.15) is 17.3 Å². The highest BCUT2D eigenvalue weighted by Gasteiger charge is 2.41. The zero-order valence-electron chi connectivity index (χ0n) is 23.2. The van der Waals surface area contributed by atoms with E-state index in [9.17, 15) is 19.3 Å². The van der Waals surface area contributed by atoms with Crippen LogP contribution in [-0.2, 0) is 4.79 Å². The fourth-order valence-corrected chi connectivity index (χ4v) is 5.72. The first kappa shape index (κ1) is 28.7. The molecule has 2 N–H and O–H groups in total. The van der Waals surface area contributed by atoms with Crippen LogP contribution in [0.1, 0.15) is 41.1 Å². The zero-order chi connectivity index (χ0) is 30.0. The molecule has 3 heterocycles. The van der Waals surface area contributed by atoms with Crippen molar-refractivity contribution in [2.24, 2.45) is 0 Å². The second kappa shape index (κ2) is 12.0. The number of carbonyl (C=O) groups excluding carboxylic acids is 1. The van der Waals surface area contributed by atoms with Gasteiger partial charge in [-0.15, -0.1) is 0 Å². The number of nitro benzene ring substituents is 1. The minimum atomic E-state index is -0.425. The molecule has 4 aromatic rings. The van der Waals surface area contributed by atoms with Gasteiger partial charge in [0, 0.05) is 36.2 Å². The van der Waals surface area contributed by atoms with Crippen LogP contribution in [0.25, 0.3) is 5.69 Å². The lowest BCUT2D eigenvalue weighted by atomic mass is 9.96. The Labute approximate surface area is 247 Å². The van der Waals surface area contributed by atoms with Crippen molar-refractivity contribution in [2.45, 2.75) is 32.4 Å². The molecule has 1 fully saturated rings. The van der Waals surface area contributed by atoms with E-state index in [1.807, 2.05) is 47.6 Å². The van der Waals surface area contributed by atoms with Crippen molar-refractivity contribution in [2.75, 3.05) is 19.0 Å². The highest BCUT2D eigenvalue weighted by atomic mass is 32.1. The standard InChI is InChI=1S/C30H29FN6O4S/c1-18-16-23(19(2)36(18)25-12-11-22(41-3)17-26(25)37(39)40)29-28(24-6-4-5-14-32-24)34-30(42)35(29)15-13-27(38)33-21-9-7-20(31)8-10-21/h4-12,14,16-17,28-29H,13,15H2,1-3H3,(H,33,38)(H,34,42)/t28-,29+/m1/s1. The lowest BCUT2D eigenvalue weighted by Crippen LogP contribution is -2.32. The maximum Gasteiger partial charge on any atom is 0.296 e. The van der Waals surface area contributed by atoms with E-state index in [4.69, 9.17) is 17.0 Å². The molecule has 10 nitrogen and oxygen atoms in total. The number of aromatic nitrogens is 2. The van der Waals surface area contributed by atoms with Crippen molar-refractivity contribution in [1.29, 1.82) is 0 Å². The SMILES string of the molecule is COc1ccc(-n2c(C)cc([C@H]3[C@@H](c4ccccn4)NC(=S)N3CCC(=O)Nc3ccc(F)cc3)c2C)c([N+](=O)[O-])c1. The Hall–Kier alpha value is -4.84. The molecule has 0 spiro atoms. The van der Waals surface area contributed by atoms with Crippen LogP contribution in [-0.4, -0.2) is 44.0 Å². The van der Waals surface area contributed by atoms with Gasteiger partial charge >= 0.3 is 0 Å². The van der Waals surface area contributed by atoms with E-state index < -0.39 is 4.92 Å². The van der Waals surface area contributed by atoms with Gasteiger partial charge in [-0.1, -0.05) is 6.07 Å². The largest absolute Gasteiger partial charge is 0.496 e. The number of nitrogens with one attached hydrogen (secondary N) is 2. The lowest BCUT2D eigenvalue weighted by Gasteiger charge is -2.28. The molecule has 5 rings (SSSR count). The number of amides is 1. The number of hydrogen-bond acceptors (Lipinski definition) is 6. The Morgan fingerprint density at radius 1 is 1.17 bits per heavy atom. The minimum Gasteiger partial charge on any atom is -0.496 e. The zero-order valence-corrected chi connectivity index (χ0v) is 24.0. The summed E-state index contributed by atoms with van der Waals surface area (Å²) in [6, 6.07) is 17.3. The van der Waals surface area contributed by atoms with Gasteiger partial charge in [-0.25, -0.2) is 4.39 Å². The van der Waals surface area contributed by atoms with Gasteiger partial charge in [0.05, 0.1) is 35.9 Å². The van der Waals surface area contributed by atoms with Gasteiger partial charge < -0.3 is 24.8 Å². The molecule has 42 heavy (non-hydrogen) atoms. The summed E-state index contributed by atoms with van der Waals surface area (Å²) >= 11 is 5.75. The Bertz CT molecular complexity index is 1640. The summed E-state index contributed by atoms with van der Waals surface area (Å²) in [6.45, 7) is 4.09. The van der Waals surface area contributed by atoms with Gasteiger partial charge in [0.2, 0.25) is 5.91 Å². The summed E-state index contributed by atoms with van der Waals surface area (Å²) in [6.07, 6.45) is 1.83. The molecule has 2 aromatic heterocycles. The summed E-state index contributed by atoms with van der Waals surface area (Å²) in [4.78, 5) is 30.9. The number of nitrogens with zero attached hydrogens (tertiary/aromatic N) is 4. The van der Waals surface area contributed by atoms with Crippen LogP contribution in [0.4, 0.5) is 15.8 Å². The number of aryl methyl sites for hydroxylation is 1. The highest BCUT2D eigenvalue weighted by Crippen LogP contribution is 2.42. The van der Waals surface area contributed by atoms with Crippen molar-refractivity contribution in [1.82, 2.24) is 19.8 Å². The van der Waals surface area contributed by atoms with Crippen molar-refractivity contribution in [3.05, 3.63) is 112 Å². The maximum atomic E-state index is 13.3. The molecule has 2 aromatic carbocycles. The monoisotopic (exact) mass is 588 g/mol. The predicted molar refractivity (Wildman–Crippen MR) is 160 cm³/mol. The second-order valence-corrected chi connectivity index (χ2v) is 10.3. The molecule has 0 bridgehead atoms. The number of thiocarbonyl (C=S) groups is 1. The predicted octanol–water partition coefficient (Wildman–Crippen LogP) is 5.55. The summed E-state index contributed by atoms with van der Waals surface area (Å²) in [5, 5.41) is 18.6. The number of carbonyl (C=O) groups is 1. The van der Waals surface area contributed by atoms with E-state index in [1.165, 1.54) is 37.4 Å². The molecule has 216 valence electrons. The third kappa shape index (κ3) is 5.66. The van der Waals surface area contributed by atoms with Crippen LogP contribution in [0.3, 0.4) is 0 Å². The maximum absolute atomic E-state index is 13.3. The van der Waals surface area contributed by atoms with E-state index >= 15 is 0 Å². The van der Waals surface area contributed by atoms with E-state index in [0.717, 1.165) is 22.6 Å². The first-order chi connectivity index (χ1) is 20.2. The Balaban J connectivity index is 1.51. The minimum absolute atomic E-state index is 0.0848. The molecular weight excluding hydrogens is 559 g/mol. The number of ether oxygens (including phenoxy) is 1. The molecular formula is C30H29FN6O4S. The summed E-state index contributed by atoms with van der Waals surface area (Å²) in [5.74, 6) is -0.245. The topological polar surface area (TPSA) is 115 Å². The van der Waals surface area contributed by atoms with Crippen LogP contribution in [0.2, 0.25) is 0 Å². The molecule has 0 radical (unpaired) electrons. The molecule has 0 aliphatic carbocycles. The quantitative estimate of drug-likeness (QED) is 0.149. The molecule has 0 unspecified atom stereocenters. The second-order valence-electron chi connectivity index (χ2n) is 9.90. The summed E-state index contributed by atoms with van der Waals surface area (Å²) in [7, 11) is 1.46. The van der Waals surface area contributed by atoms with Crippen molar-refractivity contribution >= 4 is 34.6 Å². The number of methoxy groups -OCH3 is 1. The van der Waals surface area contributed by atoms with Crippen LogP contribution < -0.4 is 15.4 Å². The number of nitro groups is 1. The molecule has 12 heteroatoms. The molecule has 1 amide bonds. The number of benzene rings is 2. The van der Waals surface area contributed by atoms with Crippen molar-refractivity contribution in [3.8, 4) is 11.4 Å². The Kier molecular flexibility index (Phi) is 8.16. The fraction of sp³-hybridized carbons (Fsp3) is 0.233. The van der Waals surface area contributed by atoms with Crippen LogP contribution >= 0.6 is 12.2 Å². The molecule has 0 saturated carbocycles. The number of hydrogen-bond donors (Lipinski definition) is 2. The number of rotatable bonds is 9. The molecule has 1 aliphatic rings. The van der Waals surface area contributed by atoms with Crippen LogP contribution in [0, 0.1) is 29.8 Å². The van der Waals surface area contributed by atoms with Gasteiger partial charge in [-0.2, -0.15) is 0 Å². The Morgan fingerprint density at radius 3 is 2.60 bits per heavy atom. The van der Waals surface area contributed by atoms with E-state index in [-0.39, 0.29) is 35.9 Å². The smallest absolute Gasteiger partial charge is 0.296 e. The van der Waals surface area contributed by atoms with Crippen molar-refractivity contribution < 1.29 is 18.8 Å². The van der Waals surface area contributed by atoms with E-state index in [0.29, 0.717) is 28.8 Å². The van der Waals surface area contributed by atoms with Gasteiger partial charge in [0.15, 0.2) is 5.11 Å². The van der Waals surface area contributed by atoms with Crippen molar-refractivity contribution in [3.63, 3.8) is 0 Å². The first-order valence-corrected chi connectivity index (χ1v) is 13.6. The molecule has 2 atom stereocenters. The number of anilines is 1. The summed E-state index contributed by atoms with van der Waals surface area (Å²) in [5.41, 5.74) is 4.06. The van der Waals surface area contributed by atoms with Crippen LogP contribution in [0.15, 0.2) is 72.9 Å². The highest BCUT2D eigenvalue weighted by molar-refractivity contribution is 7.80. The third-order valence-corrected chi connectivity index (χ3v) is 7.67. The molecule has 1 saturated heterocycles. The third-order valence-electron chi connectivity index (χ3n) is 7.31. The summed E-state index contributed by atoms with van der Waals surface area (Å²) < 4.78 is 20.4. The number of pyridine rings is 1. The average Bonchev–Trinajstić information content (AvgIpc) is 3.47. The average molecular weight is 589 g/mol. The first-order valence-electron chi connectivity index (χ1n) is 13.2. The van der Waals surface area contributed by atoms with Gasteiger partial charge in [-0.3, -0.25) is 19.9 Å². The fourth-order valence-electron chi connectivity index (χ4n) is 5.39. The number of halogens is 1. The van der Waals surface area contributed by atoms with E-state index in [1.54, 1.807) is 18.3 Å². The lowest BCUT2D eigenvalue weighted by molar-refractivity contribution is -0.384. The van der Waals surface area contributed by atoms with Gasteiger partial charge in [-0.05, 0) is 86.2 Å². The van der Waals surface area contributed by atoms with Gasteiger partial charge in [0.25, 0.3) is 5.69 Å². The van der Waals surface area contributed by atoms with E-state index in [2.05, 4.69) is 15.6 Å². The molecule has 1 aliphatic heterocycles. The normalized spacial score (nSPS) is 16.3.